The van der Waals surface area contributed by atoms with E-state index in [0.717, 1.165) is 32.4 Å². The molecular formula is C17H26N2O2. The summed E-state index contributed by atoms with van der Waals surface area (Å²) in [6.07, 6.45) is 6.12. The summed E-state index contributed by atoms with van der Waals surface area (Å²) in [5, 5.41) is 12.5. The topological polar surface area (TPSA) is 52.6 Å². The molecule has 0 aliphatic heterocycles. The Morgan fingerprint density at radius 3 is 2.62 bits per heavy atom. The van der Waals surface area contributed by atoms with Crippen LogP contribution in [0.5, 0.6) is 5.75 Å². The van der Waals surface area contributed by atoms with Crippen LogP contribution in [-0.2, 0) is 17.6 Å². The highest BCUT2D eigenvalue weighted by atomic mass is 16.3. The minimum atomic E-state index is 0.165. The van der Waals surface area contributed by atoms with Gasteiger partial charge in [-0.2, -0.15) is 0 Å². The van der Waals surface area contributed by atoms with Crippen molar-refractivity contribution in [3.8, 4) is 5.75 Å². The van der Waals surface area contributed by atoms with E-state index in [-0.39, 0.29) is 5.75 Å². The molecule has 0 heterocycles. The van der Waals surface area contributed by atoms with Crippen molar-refractivity contribution in [1.29, 1.82) is 0 Å². The molecule has 1 aromatic carbocycles. The van der Waals surface area contributed by atoms with Crippen LogP contribution in [0.25, 0.3) is 0 Å². The predicted molar refractivity (Wildman–Crippen MR) is 85.8 cm³/mol. The summed E-state index contributed by atoms with van der Waals surface area (Å²) in [6, 6.07) is 4.31. The van der Waals surface area contributed by atoms with Crippen molar-refractivity contribution in [2.45, 2.75) is 52.0 Å². The number of aryl methyl sites for hydroxylation is 1. The Bertz CT molecular complexity index is 482. The van der Waals surface area contributed by atoms with Crippen molar-refractivity contribution < 1.29 is 9.90 Å². The highest BCUT2D eigenvalue weighted by Gasteiger charge is 2.24. The number of phenolic OH excluding ortho intramolecular Hbond substituents is 1. The molecule has 1 aromatic rings. The second-order valence-corrected chi connectivity index (χ2v) is 5.83. The van der Waals surface area contributed by atoms with Gasteiger partial charge in [0.05, 0.1) is 5.69 Å². The Balaban J connectivity index is 2.17. The number of amides is 1. The summed E-state index contributed by atoms with van der Waals surface area (Å²) in [4.78, 5) is 13.2. The van der Waals surface area contributed by atoms with Gasteiger partial charge in [-0.15, -0.1) is 0 Å². The number of nitrogens with one attached hydrogen (secondary N) is 1. The van der Waals surface area contributed by atoms with E-state index in [9.17, 15) is 9.90 Å². The first-order valence-corrected chi connectivity index (χ1v) is 7.98. The van der Waals surface area contributed by atoms with Crippen molar-refractivity contribution in [2.75, 3.05) is 18.4 Å². The fraction of sp³-hybridized carbons (Fsp3) is 0.588. The number of carbonyl (C=O) groups excluding carboxylic acids is 1. The molecule has 4 nitrogen and oxygen atoms in total. The Labute approximate surface area is 127 Å². The lowest BCUT2D eigenvalue weighted by molar-refractivity contribution is -0.105. The third-order valence-electron chi connectivity index (χ3n) is 4.27. The maximum Gasteiger partial charge on any atom is 0.211 e. The summed E-state index contributed by atoms with van der Waals surface area (Å²) in [5.41, 5.74) is 2.99. The zero-order chi connectivity index (χ0) is 15.2. The van der Waals surface area contributed by atoms with Crippen molar-refractivity contribution in [3.05, 3.63) is 23.3 Å². The van der Waals surface area contributed by atoms with Gasteiger partial charge in [0.25, 0.3) is 0 Å². The van der Waals surface area contributed by atoms with Gasteiger partial charge in [-0.3, -0.25) is 4.79 Å². The Morgan fingerprint density at radius 2 is 2.00 bits per heavy atom. The van der Waals surface area contributed by atoms with Gasteiger partial charge >= 0.3 is 0 Å². The fourth-order valence-electron chi connectivity index (χ4n) is 3.32. The highest BCUT2D eigenvalue weighted by molar-refractivity contribution is 5.76. The Hall–Kier alpha value is -1.55. The second-order valence-electron chi connectivity index (χ2n) is 5.83. The second kappa shape index (κ2) is 7.46. The molecule has 1 amide bonds. The molecule has 1 unspecified atom stereocenters. The lowest BCUT2D eigenvalue weighted by Gasteiger charge is -2.35. The van der Waals surface area contributed by atoms with Crippen LogP contribution in [0.4, 0.5) is 5.69 Å². The van der Waals surface area contributed by atoms with Gasteiger partial charge < -0.3 is 15.3 Å². The molecule has 0 spiro atoms. The van der Waals surface area contributed by atoms with Gasteiger partial charge in [0.2, 0.25) is 6.41 Å². The van der Waals surface area contributed by atoms with Crippen LogP contribution in [0.1, 0.15) is 44.2 Å². The van der Waals surface area contributed by atoms with E-state index < -0.39 is 0 Å². The predicted octanol–water partition coefficient (Wildman–Crippen LogP) is 2.94. The lowest BCUT2D eigenvalue weighted by Crippen LogP contribution is -2.40. The van der Waals surface area contributed by atoms with Crippen molar-refractivity contribution in [3.63, 3.8) is 0 Å². The summed E-state index contributed by atoms with van der Waals surface area (Å²) >= 11 is 0. The smallest absolute Gasteiger partial charge is 0.211 e. The first kappa shape index (κ1) is 15.8. The molecule has 4 heteroatoms. The van der Waals surface area contributed by atoms with Gasteiger partial charge in [-0.05, 0) is 68.5 Å². The third-order valence-corrected chi connectivity index (χ3v) is 4.27. The third kappa shape index (κ3) is 3.76. The summed E-state index contributed by atoms with van der Waals surface area (Å²) in [5.74, 6) is 0.165. The minimum Gasteiger partial charge on any atom is -0.506 e. The largest absolute Gasteiger partial charge is 0.506 e. The van der Waals surface area contributed by atoms with E-state index in [1.165, 1.54) is 24.0 Å². The van der Waals surface area contributed by atoms with Gasteiger partial charge in [-0.25, -0.2) is 0 Å². The van der Waals surface area contributed by atoms with Crippen LogP contribution in [0, 0.1) is 0 Å². The molecule has 1 aliphatic carbocycles. The van der Waals surface area contributed by atoms with Crippen molar-refractivity contribution in [2.24, 2.45) is 0 Å². The van der Waals surface area contributed by atoms with E-state index in [0.29, 0.717) is 18.1 Å². The number of nitrogens with zero attached hydrogens (tertiary/aromatic N) is 1. The van der Waals surface area contributed by atoms with Gasteiger partial charge in [0, 0.05) is 6.04 Å². The van der Waals surface area contributed by atoms with E-state index in [4.69, 9.17) is 0 Å². The van der Waals surface area contributed by atoms with Crippen LogP contribution < -0.4 is 5.32 Å². The molecule has 0 aromatic heterocycles. The standard InChI is InChI=1S/C17H26N2O2/c1-3-7-19(8-4-2)15-6-5-13-11-17(21)16(18-12-20)10-14(13)9-15/h10-12,15,21H,3-9H2,1-2H3,(H,18,20). The van der Waals surface area contributed by atoms with Crippen LogP contribution in [0.2, 0.25) is 0 Å². The summed E-state index contributed by atoms with van der Waals surface area (Å²) in [6.45, 7) is 6.74. The van der Waals surface area contributed by atoms with E-state index in [2.05, 4.69) is 24.1 Å². The minimum absolute atomic E-state index is 0.165. The zero-order valence-corrected chi connectivity index (χ0v) is 13.1. The maximum absolute atomic E-state index is 10.6. The zero-order valence-electron chi connectivity index (χ0n) is 13.1. The summed E-state index contributed by atoms with van der Waals surface area (Å²) < 4.78 is 0. The number of carbonyl (C=O) groups is 1. The van der Waals surface area contributed by atoms with Gasteiger partial charge in [0.1, 0.15) is 5.75 Å². The lowest BCUT2D eigenvalue weighted by atomic mass is 9.86. The number of rotatable bonds is 7. The maximum atomic E-state index is 10.6. The molecule has 2 N–H and O–H groups in total. The fourth-order valence-corrected chi connectivity index (χ4v) is 3.32. The molecular weight excluding hydrogens is 264 g/mol. The van der Waals surface area contributed by atoms with E-state index in [1.807, 2.05) is 6.07 Å². The van der Waals surface area contributed by atoms with E-state index >= 15 is 0 Å². The monoisotopic (exact) mass is 290 g/mol. The first-order chi connectivity index (χ1) is 10.2. The molecule has 1 aliphatic rings. The molecule has 1 atom stereocenters. The van der Waals surface area contributed by atoms with Gasteiger partial charge in [-0.1, -0.05) is 13.8 Å². The molecule has 0 bridgehead atoms. The Morgan fingerprint density at radius 1 is 1.29 bits per heavy atom. The number of phenols is 1. The molecule has 21 heavy (non-hydrogen) atoms. The van der Waals surface area contributed by atoms with Crippen LogP contribution in [0.15, 0.2) is 12.1 Å². The molecule has 0 radical (unpaired) electrons. The number of hydrogen-bond acceptors (Lipinski definition) is 3. The van der Waals surface area contributed by atoms with Crippen molar-refractivity contribution in [1.82, 2.24) is 4.90 Å². The highest BCUT2D eigenvalue weighted by Crippen LogP contribution is 2.33. The number of anilines is 1. The molecule has 2 rings (SSSR count). The summed E-state index contributed by atoms with van der Waals surface area (Å²) in [7, 11) is 0. The first-order valence-electron chi connectivity index (χ1n) is 7.98. The number of benzene rings is 1. The number of hydrogen-bond donors (Lipinski definition) is 2. The van der Waals surface area contributed by atoms with Gasteiger partial charge in [0.15, 0.2) is 0 Å². The molecule has 0 saturated heterocycles. The average molecular weight is 290 g/mol. The molecule has 0 fully saturated rings. The van der Waals surface area contributed by atoms with Crippen LogP contribution in [0.3, 0.4) is 0 Å². The SMILES string of the molecule is CCCN(CCC)C1CCc2cc(O)c(NC=O)cc2C1. The van der Waals surface area contributed by atoms with E-state index in [1.54, 1.807) is 6.07 Å². The van der Waals surface area contributed by atoms with Crippen LogP contribution in [-0.4, -0.2) is 35.5 Å². The Kier molecular flexibility index (Phi) is 5.62. The number of fused-ring (bicyclic) bond motifs is 1. The molecule has 116 valence electrons. The molecule has 0 saturated carbocycles. The number of aromatic hydroxyl groups is 1. The quantitative estimate of drug-likeness (QED) is 0.599. The average Bonchev–Trinajstić information content (AvgIpc) is 2.48. The van der Waals surface area contributed by atoms with Crippen LogP contribution >= 0.6 is 0 Å². The van der Waals surface area contributed by atoms with Crippen molar-refractivity contribution >= 4 is 12.1 Å². The normalized spacial score (nSPS) is 17.6.